The number of hydrogen-bond donors (Lipinski definition) is 1. The highest BCUT2D eigenvalue weighted by molar-refractivity contribution is 5.84. The van der Waals surface area contributed by atoms with E-state index in [9.17, 15) is 4.79 Å². The minimum absolute atomic E-state index is 0.0167. The first-order chi connectivity index (χ1) is 11.7. The van der Waals surface area contributed by atoms with Crippen molar-refractivity contribution >= 4 is 16.7 Å². The molecule has 0 aliphatic rings. The predicted octanol–water partition coefficient (Wildman–Crippen LogP) is 3.31. The van der Waals surface area contributed by atoms with Crippen molar-refractivity contribution in [3.8, 4) is 5.75 Å². The molecule has 0 radical (unpaired) electrons. The molecule has 124 valence electrons. The summed E-state index contributed by atoms with van der Waals surface area (Å²) in [6.07, 6.45) is 1.91. The summed E-state index contributed by atoms with van der Waals surface area (Å²) in [5.74, 6) is 0.522. The molecule has 0 bridgehead atoms. The van der Waals surface area contributed by atoms with Gasteiger partial charge in [0.05, 0.1) is 11.7 Å². The van der Waals surface area contributed by atoms with E-state index in [-0.39, 0.29) is 18.6 Å². The van der Waals surface area contributed by atoms with Gasteiger partial charge in [-0.1, -0.05) is 30.3 Å². The van der Waals surface area contributed by atoms with Gasteiger partial charge in [-0.3, -0.25) is 9.48 Å². The fourth-order valence-corrected chi connectivity index (χ4v) is 2.55. The largest absolute Gasteiger partial charge is 0.484 e. The van der Waals surface area contributed by atoms with Crippen molar-refractivity contribution in [1.29, 1.82) is 0 Å². The molecule has 1 heterocycles. The number of benzene rings is 2. The summed E-state index contributed by atoms with van der Waals surface area (Å²) in [7, 11) is 0. The molecule has 3 rings (SSSR count). The monoisotopic (exact) mass is 323 g/mol. The number of fused-ring (bicyclic) bond motifs is 1. The smallest absolute Gasteiger partial charge is 0.258 e. The molecule has 1 atom stereocenters. The average molecular weight is 323 g/mol. The Morgan fingerprint density at radius 1 is 1.21 bits per heavy atom. The van der Waals surface area contributed by atoms with Crippen LogP contribution in [0.15, 0.2) is 54.7 Å². The molecule has 5 nitrogen and oxygen atoms in total. The van der Waals surface area contributed by atoms with Gasteiger partial charge in [-0.05, 0) is 42.8 Å². The Kier molecular flexibility index (Phi) is 4.79. The lowest BCUT2D eigenvalue weighted by atomic mass is 10.1. The summed E-state index contributed by atoms with van der Waals surface area (Å²) in [4.78, 5) is 12.1. The van der Waals surface area contributed by atoms with Crippen LogP contribution < -0.4 is 10.1 Å². The topological polar surface area (TPSA) is 56.2 Å². The summed E-state index contributed by atoms with van der Waals surface area (Å²) in [5, 5.41) is 9.54. The quantitative estimate of drug-likeness (QED) is 0.757. The number of nitrogens with one attached hydrogen (secondary N) is 1. The Morgan fingerprint density at radius 3 is 2.75 bits per heavy atom. The lowest BCUT2D eigenvalue weighted by Crippen LogP contribution is -2.31. The summed E-state index contributed by atoms with van der Waals surface area (Å²) in [6.45, 7) is 4.73. The van der Waals surface area contributed by atoms with Crippen LogP contribution in [0.1, 0.15) is 25.6 Å². The minimum Gasteiger partial charge on any atom is -0.484 e. The maximum atomic E-state index is 12.1. The second kappa shape index (κ2) is 7.17. The number of ether oxygens (including phenoxy) is 1. The number of aryl methyl sites for hydroxylation is 1. The van der Waals surface area contributed by atoms with E-state index in [1.807, 2.05) is 73.3 Å². The number of amides is 1. The molecule has 0 saturated heterocycles. The van der Waals surface area contributed by atoms with Crippen LogP contribution in [0.5, 0.6) is 5.75 Å². The fraction of sp³-hybridized carbons (Fsp3) is 0.263. The molecule has 0 aliphatic heterocycles. The number of rotatable bonds is 6. The summed E-state index contributed by atoms with van der Waals surface area (Å²) < 4.78 is 7.44. The van der Waals surface area contributed by atoms with Crippen LogP contribution in [0.25, 0.3) is 10.8 Å². The first-order valence-electron chi connectivity index (χ1n) is 8.10. The van der Waals surface area contributed by atoms with E-state index in [1.165, 1.54) is 0 Å². The van der Waals surface area contributed by atoms with Crippen LogP contribution in [-0.2, 0) is 11.3 Å². The van der Waals surface area contributed by atoms with E-state index in [0.29, 0.717) is 5.75 Å². The van der Waals surface area contributed by atoms with E-state index >= 15 is 0 Å². The maximum Gasteiger partial charge on any atom is 0.258 e. The molecule has 0 aliphatic carbocycles. The molecule has 1 N–H and O–H groups in total. The van der Waals surface area contributed by atoms with Crippen molar-refractivity contribution in [3.63, 3.8) is 0 Å². The van der Waals surface area contributed by atoms with Crippen LogP contribution in [0.4, 0.5) is 0 Å². The highest BCUT2D eigenvalue weighted by Crippen LogP contribution is 2.20. The van der Waals surface area contributed by atoms with Gasteiger partial charge in [0.15, 0.2) is 6.61 Å². The van der Waals surface area contributed by atoms with Gasteiger partial charge in [-0.15, -0.1) is 0 Å². The zero-order valence-corrected chi connectivity index (χ0v) is 13.9. The molecule has 0 spiro atoms. The lowest BCUT2D eigenvalue weighted by molar-refractivity contribution is -0.123. The van der Waals surface area contributed by atoms with Gasteiger partial charge in [0.25, 0.3) is 5.91 Å². The van der Waals surface area contributed by atoms with Crippen molar-refractivity contribution < 1.29 is 9.53 Å². The third-order valence-electron chi connectivity index (χ3n) is 3.90. The first-order valence-corrected chi connectivity index (χ1v) is 8.10. The molecule has 3 aromatic rings. The van der Waals surface area contributed by atoms with Crippen LogP contribution in [0, 0.1) is 0 Å². The van der Waals surface area contributed by atoms with Crippen molar-refractivity contribution in [3.05, 3.63) is 60.4 Å². The van der Waals surface area contributed by atoms with Crippen LogP contribution in [0.3, 0.4) is 0 Å². The van der Waals surface area contributed by atoms with E-state index < -0.39 is 0 Å². The minimum atomic E-state index is -0.165. The Balaban J connectivity index is 1.56. The van der Waals surface area contributed by atoms with Gasteiger partial charge in [0.2, 0.25) is 0 Å². The Morgan fingerprint density at radius 2 is 2.00 bits per heavy atom. The average Bonchev–Trinajstić information content (AvgIpc) is 3.09. The van der Waals surface area contributed by atoms with Crippen LogP contribution >= 0.6 is 0 Å². The van der Waals surface area contributed by atoms with Crippen molar-refractivity contribution in [1.82, 2.24) is 15.1 Å². The summed E-state index contributed by atoms with van der Waals surface area (Å²) in [5.41, 5.74) is 0.843. The second-order valence-corrected chi connectivity index (χ2v) is 5.68. The van der Waals surface area contributed by atoms with Gasteiger partial charge in [0.1, 0.15) is 5.75 Å². The van der Waals surface area contributed by atoms with E-state index in [4.69, 9.17) is 4.74 Å². The number of nitrogens with zero attached hydrogens (tertiary/aromatic N) is 2. The number of aromatic nitrogens is 2. The van der Waals surface area contributed by atoms with E-state index in [0.717, 1.165) is 23.0 Å². The van der Waals surface area contributed by atoms with Gasteiger partial charge >= 0.3 is 0 Å². The van der Waals surface area contributed by atoms with Crippen molar-refractivity contribution in [2.45, 2.75) is 26.4 Å². The molecule has 1 amide bonds. The van der Waals surface area contributed by atoms with E-state index in [2.05, 4.69) is 10.4 Å². The van der Waals surface area contributed by atoms with Crippen LogP contribution in [-0.4, -0.2) is 22.3 Å². The van der Waals surface area contributed by atoms with Gasteiger partial charge in [-0.25, -0.2) is 0 Å². The number of hydrogen-bond acceptors (Lipinski definition) is 3. The van der Waals surface area contributed by atoms with E-state index in [1.54, 1.807) is 0 Å². The molecular weight excluding hydrogens is 302 g/mol. The molecular formula is C19H21N3O2. The molecule has 1 unspecified atom stereocenters. The Bertz CT molecular complexity index is 841. The third-order valence-corrected chi connectivity index (χ3v) is 3.90. The summed E-state index contributed by atoms with van der Waals surface area (Å²) in [6, 6.07) is 15.6. The number of carbonyl (C=O) groups excluding carboxylic acids is 1. The second-order valence-electron chi connectivity index (χ2n) is 5.68. The molecule has 24 heavy (non-hydrogen) atoms. The highest BCUT2D eigenvalue weighted by Gasteiger charge is 2.12. The lowest BCUT2D eigenvalue weighted by Gasteiger charge is -2.12. The third kappa shape index (κ3) is 3.74. The summed E-state index contributed by atoms with van der Waals surface area (Å²) >= 11 is 0. The predicted molar refractivity (Wildman–Crippen MR) is 93.9 cm³/mol. The number of carbonyl (C=O) groups is 1. The molecule has 0 saturated carbocycles. The SMILES string of the molecule is CCn1ccc(C(C)NC(=O)COc2ccc3ccccc3c2)n1. The first kappa shape index (κ1) is 16.1. The Hall–Kier alpha value is -2.82. The normalized spacial score (nSPS) is 12.1. The zero-order chi connectivity index (χ0) is 16.9. The maximum absolute atomic E-state index is 12.1. The highest BCUT2D eigenvalue weighted by atomic mass is 16.5. The van der Waals surface area contributed by atoms with Gasteiger partial charge < -0.3 is 10.1 Å². The molecule has 0 fully saturated rings. The molecule has 1 aromatic heterocycles. The van der Waals surface area contributed by atoms with Crippen LogP contribution in [0.2, 0.25) is 0 Å². The van der Waals surface area contributed by atoms with Gasteiger partial charge in [0, 0.05) is 12.7 Å². The molecule has 5 heteroatoms. The van der Waals surface area contributed by atoms with Crippen molar-refractivity contribution in [2.75, 3.05) is 6.61 Å². The standard InChI is InChI=1S/C19H21N3O2/c1-3-22-11-10-18(21-22)14(2)20-19(23)13-24-17-9-8-15-6-4-5-7-16(15)12-17/h4-12,14H,3,13H2,1-2H3,(H,20,23). The van der Waals surface area contributed by atoms with Gasteiger partial charge in [-0.2, -0.15) is 5.10 Å². The fourth-order valence-electron chi connectivity index (χ4n) is 2.55. The Labute approximate surface area is 141 Å². The molecule has 2 aromatic carbocycles. The van der Waals surface area contributed by atoms with Crippen molar-refractivity contribution in [2.24, 2.45) is 0 Å². The zero-order valence-electron chi connectivity index (χ0n) is 13.9.